The maximum absolute atomic E-state index is 9.93. The molecule has 0 aromatic carbocycles. The first-order valence-corrected chi connectivity index (χ1v) is 4.69. The van der Waals surface area contributed by atoms with Crippen LogP contribution in [0, 0.1) is 5.92 Å². The number of carbonyl (C=O) groups is 3. The molecule has 0 aromatic rings. The molecule has 8 heteroatoms. The molecule has 0 rings (SSSR count). The number of carboxylic acids is 3. The highest BCUT2D eigenvalue weighted by atomic mass is 16.4. The lowest BCUT2D eigenvalue weighted by Gasteiger charge is -2.07. The van der Waals surface area contributed by atoms with E-state index in [2.05, 4.69) is 0 Å². The Kier molecular flexibility index (Phi) is 8.84. The SMILES string of the molecule is CCC(C)C(=O)O.O=C(O)C(O)C(O)C(=O)O. The molecule has 0 aliphatic rings. The van der Waals surface area contributed by atoms with E-state index in [0.29, 0.717) is 0 Å². The zero-order chi connectivity index (χ0) is 14.2. The molecule has 0 radical (unpaired) electrons. The average molecular weight is 252 g/mol. The highest BCUT2D eigenvalue weighted by molar-refractivity contribution is 5.83. The summed E-state index contributed by atoms with van der Waals surface area (Å²) in [6, 6.07) is 0. The number of aliphatic hydroxyl groups excluding tert-OH is 2. The van der Waals surface area contributed by atoms with Crippen molar-refractivity contribution in [3.8, 4) is 0 Å². The van der Waals surface area contributed by atoms with Gasteiger partial charge in [-0.2, -0.15) is 0 Å². The van der Waals surface area contributed by atoms with E-state index in [1.54, 1.807) is 6.92 Å². The largest absolute Gasteiger partial charge is 0.481 e. The molecule has 0 heterocycles. The predicted octanol–water partition coefficient (Wildman–Crippen LogP) is -1.01. The van der Waals surface area contributed by atoms with Gasteiger partial charge in [0.25, 0.3) is 0 Å². The van der Waals surface area contributed by atoms with E-state index in [-0.39, 0.29) is 5.92 Å². The molecule has 0 aliphatic carbocycles. The van der Waals surface area contributed by atoms with Gasteiger partial charge in [0.2, 0.25) is 0 Å². The van der Waals surface area contributed by atoms with E-state index in [0.717, 1.165) is 6.42 Å². The Bertz CT molecular complexity index is 256. The van der Waals surface area contributed by atoms with Crippen molar-refractivity contribution >= 4 is 17.9 Å². The Morgan fingerprint density at radius 3 is 1.24 bits per heavy atom. The molecule has 0 fully saturated rings. The van der Waals surface area contributed by atoms with Gasteiger partial charge in [-0.15, -0.1) is 0 Å². The van der Waals surface area contributed by atoms with Crippen molar-refractivity contribution in [3.05, 3.63) is 0 Å². The number of hydrogen-bond donors (Lipinski definition) is 5. The van der Waals surface area contributed by atoms with Crippen LogP contribution in [-0.2, 0) is 14.4 Å². The molecular weight excluding hydrogens is 236 g/mol. The van der Waals surface area contributed by atoms with Crippen molar-refractivity contribution < 1.29 is 39.9 Å². The third-order valence-corrected chi connectivity index (χ3v) is 1.84. The van der Waals surface area contributed by atoms with Crippen LogP contribution in [0.25, 0.3) is 0 Å². The van der Waals surface area contributed by atoms with Gasteiger partial charge in [-0.3, -0.25) is 4.79 Å². The molecule has 5 N–H and O–H groups in total. The Morgan fingerprint density at radius 2 is 1.18 bits per heavy atom. The Labute approximate surface area is 97.1 Å². The smallest absolute Gasteiger partial charge is 0.335 e. The molecule has 0 spiro atoms. The highest BCUT2D eigenvalue weighted by Gasteiger charge is 2.29. The fraction of sp³-hybridized carbons (Fsp3) is 0.667. The van der Waals surface area contributed by atoms with Crippen LogP contribution in [-0.4, -0.2) is 55.6 Å². The van der Waals surface area contributed by atoms with Gasteiger partial charge >= 0.3 is 17.9 Å². The fourth-order valence-corrected chi connectivity index (χ4v) is 0.445. The van der Waals surface area contributed by atoms with Crippen molar-refractivity contribution in [1.82, 2.24) is 0 Å². The van der Waals surface area contributed by atoms with Gasteiger partial charge < -0.3 is 25.5 Å². The third kappa shape index (κ3) is 8.17. The fourth-order valence-electron chi connectivity index (χ4n) is 0.445. The number of carboxylic acid groups (broad SMARTS) is 3. The van der Waals surface area contributed by atoms with E-state index in [1.807, 2.05) is 6.92 Å². The molecule has 0 bridgehead atoms. The molecule has 0 aliphatic heterocycles. The maximum Gasteiger partial charge on any atom is 0.335 e. The van der Waals surface area contributed by atoms with Crippen molar-refractivity contribution in [1.29, 1.82) is 0 Å². The summed E-state index contributed by atoms with van der Waals surface area (Å²) in [5.74, 6) is -4.42. The first kappa shape index (κ1) is 17.7. The van der Waals surface area contributed by atoms with E-state index in [1.165, 1.54) is 0 Å². The molecule has 3 unspecified atom stereocenters. The zero-order valence-electron chi connectivity index (χ0n) is 9.40. The monoisotopic (exact) mass is 252 g/mol. The van der Waals surface area contributed by atoms with Gasteiger partial charge in [-0.1, -0.05) is 13.8 Å². The third-order valence-electron chi connectivity index (χ3n) is 1.84. The van der Waals surface area contributed by atoms with Crippen LogP contribution in [0.4, 0.5) is 0 Å². The molecule has 17 heavy (non-hydrogen) atoms. The molecule has 0 amide bonds. The number of aliphatic carboxylic acids is 3. The van der Waals surface area contributed by atoms with Crippen LogP contribution in [0.2, 0.25) is 0 Å². The molecule has 0 saturated carbocycles. The number of hydrogen-bond acceptors (Lipinski definition) is 5. The van der Waals surface area contributed by atoms with Gasteiger partial charge in [0.15, 0.2) is 12.2 Å². The minimum atomic E-state index is -2.27. The van der Waals surface area contributed by atoms with Gasteiger partial charge in [0, 0.05) is 0 Å². The van der Waals surface area contributed by atoms with Crippen molar-refractivity contribution in [2.24, 2.45) is 5.92 Å². The molecule has 8 nitrogen and oxygen atoms in total. The van der Waals surface area contributed by atoms with Crippen LogP contribution in [0.1, 0.15) is 20.3 Å². The van der Waals surface area contributed by atoms with Crippen LogP contribution in [0.3, 0.4) is 0 Å². The summed E-state index contributed by atoms with van der Waals surface area (Å²) in [5, 5.41) is 40.7. The second-order valence-electron chi connectivity index (χ2n) is 3.21. The lowest BCUT2D eigenvalue weighted by Crippen LogP contribution is -2.39. The molecule has 0 saturated heterocycles. The summed E-state index contributed by atoms with van der Waals surface area (Å²) in [4.78, 5) is 29.5. The average Bonchev–Trinajstić information content (AvgIpc) is 2.26. The van der Waals surface area contributed by atoms with Crippen LogP contribution >= 0.6 is 0 Å². The minimum absolute atomic E-state index is 0.181. The predicted molar refractivity (Wildman–Crippen MR) is 54.4 cm³/mol. The summed E-state index contributed by atoms with van der Waals surface area (Å²) in [7, 11) is 0. The van der Waals surface area contributed by atoms with Gasteiger partial charge in [-0.05, 0) is 6.42 Å². The molecule has 3 atom stereocenters. The lowest BCUT2D eigenvalue weighted by atomic mass is 10.1. The first-order valence-electron chi connectivity index (χ1n) is 4.69. The quantitative estimate of drug-likeness (QED) is 0.417. The second kappa shape index (κ2) is 8.48. The van der Waals surface area contributed by atoms with Crippen molar-refractivity contribution in [2.75, 3.05) is 0 Å². The van der Waals surface area contributed by atoms with E-state index >= 15 is 0 Å². The Morgan fingerprint density at radius 1 is 0.882 bits per heavy atom. The van der Waals surface area contributed by atoms with Gasteiger partial charge in [0.05, 0.1) is 5.92 Å². The van der Waals surface area contributed by atoms with E-state index in [9.17, 15) is 14.4 Å². The van der Waals surface area contributed by atoms with Crippen molar-refractivity contribution in [2.45, 2.75) is 32.5 Å². The van der Waals surface area contributed by atoms with Crippen LogP contribution in [0.5, 0.6) is 0 Å². The maximum atomic E-state index is 9.93. The zero-order valence-corrected chi connectivity index (χ0v) is 9.40. The summed E-state index contributed by atoms with van der Waals surface area (Å²) >= 11 is 0. The molecule has 0 aromatic heterocycles. The van der Waals surface area contributed by atoms with Gasteiger partial charge in [-0.25, -0.2) is 9.59 Å². The van der Waals surface area contributed by atoms with Crippen LogP contribution < -0.4 is 0 Å². The normalized spacial score (nSPS) is 14.8. The minimum Gasteiger partial charge on any atom is -0.481 e. The standard InChI is InChI=1S/C5H10O2.C4H6O6/c1-3-4(2)5(6)7;5-1(3(7)8)2(6)4(9)10/h4H,3H2,1-2H3,(H,6,7);1-2,5-6H,(H,7,8)(H,9,10). The lowest BCUT2D eigenvalue weighted by molar-refractivity contribution is -0.165. The Balaban J connectivity index is 0. The number of rotatable bonds is 5. The number of aliphatic hydroxyl groups is 2. The summed E-state index contributed by atoms with van der Waals surface area (Å²) < 4.78 is 0. The van der Waals surface area contributed by atoms with E-state index < -0.39 is 30.1 Å². The molecule has 100 valence electrons. The Hall–Kier alpha value is -1.67. The molecular formula is C9H16O8. The summed E-state index contributed by atoms with van der Waals surface area (Å²) in [5.41, 5.74) is 0. The summed E-state index contributed by atoms with van der Waals surface area (Å²) in [6.07, 6.45) is -3.81. The second-order valence-corrected chi connectivity index (χ2v) is 3.21. The topological polar surface area (TPSA) is 152 Å². The summed E-state index contributed by atoms with van der Waals surface area (Å²) in [6.45, 7) is 3.56. The van der Waals surface area contributed by atoms with Crippen LogP contribution in [0.15, 0.2) is 0 Å². The highest BCUT2D eigenvalue weighted by Crippen LogP contribution is 1.97. The van der Waals surface area contributed by atoms with Gasteiger partial charge in [0.1, 0.15) is 0 Å². The first-order chi connectivity index (χ1) is 7.64. The van der Waals surface area contributed by atoms with Crippen molar-refractivity contribution in [3.63, 3.8) is 0 Å². The van der Waals surface area contributed by atoms with E-state index in [4.69, 9.17) is 25.5 Å².